The average Bonchev–Trinajstić information content (AvgIpc) is 3.01. The topological polar surface area (TPSA) is 46.1 Å². The fourth-order valence-electron chi connectivity index (χ4n) is 1.66. The summed E-state index contributed by atoms with van der Waals surface area (Å²) in [4.78, 5) is 15.0. The van der Waals surface area contributed by atoms with E-state index in [0.717, 1.165) is 41.7 Å². The first kappa shape index (κ1) is 12.0. The highest BCUT2D eigenvalue weighted by molar-refractivity contribution is 9.09. The Labute approximate surface area is 107 Å². The van der Waals surface area contributed by atoms with Gasteiger partial charge in [-0.15, -0.1) is 5.10 Å². The van der Waals surface area contributed by atoms with Crippen molar-refractivity contribution in [2.75, 3.05) is 11.9 Å². The number of alkyl halides is 1. The lowest BCUT2D eigenvalue weighted by atomic mass is 10.2. The highest BCUT2D eigenvalue weighted by Crippen LogP contribution is 2.29. The Hall–Kier alpha value is -0.490. The fourth-order valence-corrected chi connectivity index (χ4v) is 2.75. The molecule has 1 fully saturated rings. The van der Waals surface area contributed by atoms with Crippen molar-refractivity contribution in [2.45, 2.75) is 32.2 Å². The molecular weight excluding hydrogens is 290 g/mol. The minimum absolute atomic E-state index is 0.105. The smallest absolute Gasteiger partial charge is 0.267 e. The van der Waals surface area contributed by atoms with Crippen LogP contribution in [0.4, 0.5) is 0 Å². The summed E-state index contributed by atoms with van der Waals surface area (Å²) in [7, 11) is 0. The molecule has 0 N–H and O–H groups in total. The van der Waals surface area contributed by atoms with Gasteiger partial charge in [0.25, 0.3) is 5.91 Å². The van der Waals surface area contributed by atoms with E-state index in [0.29, 0.717) is 6.04 Å². The summed E-state index contributed by atoms with van der Waals surface area (Å²) in [5, 5.41) is 4.81. The second-order valence-electron chi connectivity index (χ2n) is 3.82. The molecule has 0 atom stereocenters. The van der Waals surface area contributed by atoms with Crippen LogP contribution in [0, 0.1) is 0 Å². The molecule has 0 aromatic carbocycles. The molecule has 0 bridgehead atoms. The van der Waals surface area contributed by atoms with E-state index in [4.69, 9.17) is 0 Å². The normalized spacial score (nSPS) is 15.1. The molecule has 1 amide bonds. The number of nitrogens with zero attached hydrogens (tertiary/aromatic N) is 3. The monoisotopic (exact) mass is 303 g/mol. The van der Waals surface area contributed by atoms with Crippen LogP contribution in [0.5, 0.6) is 0 Å². The summed E-state index contributed by atoms with van der Waals surface area (Å²) in [6.45, 7) is 2.77. The first-order valence-corrected chi connectivity index (χ1v) is 7.35. The molecule has 1 aliphatic carbocycles. The van der Waals surface area contributed by atoms with Gasteiger partial charge in [0, 0.05) is 17.9 Å². The molecule has 0 spiro atoms. The Kier molecular flexibility index (Phi) is 3.91. The summed E-state index contributed by atoms with van der Waals surface area (Å²) >= 11 is 4.61. The van der Waals surface area contributed by atoms with Crippen molar-refractivity contribution in [3.63, 3.8) is 0 Å². The van der Waals surface area contributed by atoms with Crippen molar-refractivity contribution < 1.29 is 4.79 Å². The molecule has 1 aromatic heterocycles. The zero-order valence-corrected chi connectivity index (χ0v) is 11.6. The van der Waals surface area contributed by atoms with Crippen LogP contribution >= 0.6 is 27.5 Å². The summed E-state index contributed by atoms with van der Waals surface area (Å²) in [6, 6.07) is 0.442. The van der Waals surface area contributed by atoms with Gasteiger partial charge in [-0.3, -0.25) is 4.79 Å². The van der Waals surface area contributed by atoms with Crippen molar-refractivity contribution in [1.29, 1.82) is 0 Å². The lowest BCUT2D eigenvalue weighted by molar-refractivity contribution is 0.0758. The van der Waals surface area contributed by atoms with Gasteiger partial charge in [-0.05, 0) is 30.8 Å². The number of carbonyl (C=O) groups is 1. The Morgan fingerprint density at radius 3 is 2.94 bits per heavy atom. The first-order chi connectivity index (χ1) is 7.77. The van der Waals surface area contributed by atoms with Gasteiger partial charge in [-0.2, -0.15) is 0 Å². The molecule has 1 heterocycles. The zero-order chi connectivity index (χ0) is 11.5. The lowest BCUT2D eigenvalue weighted by Crippen LogP contribution is -2.34. The maximum Gasteiger partial charge on any atom is 0.267 e. The highest BCUT2D eigenvalue weighted by atomic mass is 79.9. The number of hydrogen-bond donors (Lipinski definition) is 0. The Morgan fingerprint density at radius 2 is 2.38 bits per heavy atom. The van der Waals surface area contributed by atoms with Crippen LogP contribution in [0.3, 0.4) is 0 Å². The molecule has 6 heteroatoms. The number of aryl methyl sites for hydroxylation is 1. The molecule has 0 aliphatic heterocycles. The molecule has 0 saturated heterocycles. The van der Waals surface area contributed by atoms with Crippen LogP contribution in [0.25, 0.3) is 0 Å². The molecule has 4 nitrogen and oxygen atoms in total. The van der Waals surface area contributed by atoms with Gasteiger partial charge in [0.15, 0.2) is 0 Å². The maximum atomic E-state index is 12.3. The maximum absolute atomic E-state index is 12.3. The number of halogens is 1. The van der Waals surface area contributed by atoms with Gasteiger partial charge in [0.1, 0.15) is 4.88 Å². The second-order valence-corrected chi connectivity index (χ2v) is 5.37. The third kappa shape index (κ3) is 2.43. The first-order valence-electron chi connectivity index (χ1n) is 5.46. The van der Waals surface area contributed by atoms with E-state index < -0.39 is 0 Å². The minimum Gasteiger partial charge on any atom is -0.334 e. The van der Waals surface area contributed by atoms with Crippen LogP contribution in [-0.2, 0) is 6.42 Å². The molecule has 1 saturated carbocycles. The molecule has 88 valence electrons. The SMILES string of the molecule is CCc1nnsc1C(=O)N(CCBr)C1CC1. The van der Waals surface area contributed by atoms with Gasteiger partial charge in [0.2, 0.25) is 0 Å². The molecule has 0 unspecified atom stereocenters. The highest BCUT2D eigenvalue weighted by Gasteiger charge is 2.34. The number of carbonyl (C=O) groups excluding carboxylic acids is 1. The summed E-state index contributed by atoms with van der Waals surface area (Å²) in [6.07, 6.45) is 3.03. The van der Waals surface area contributed by atoms with Gasteiger partial charge in [0.05, 0.1) is 5.69 Å². The number of amides is 1. The Bertz CT molecular complexity index is 378. The van der Waals surface area contributed by atoms with Crippen molar-refractivity contribution in [3.8, 4) is 0 Å². The number of hydrogen-bond acceptors (Lipinski definition) is 4. The largest absolute Gasteiger partial charge is 0.334 e. The standard InChI is InChI=1S/C10H14BrN3OS/c1-2-8-9(16-13-12-8)10(15)14(6-5-11)7-3-4-7/h7H,2-6H2,1H3. The Balaban J connectivity index is 2.15. The van der Waals surface area contributed by atoms with Crippen molar-refractivity contribution >= 4 is 33.4 Å². The molecule has 1 aliphatic rings. The quantitative estimate of drug-likeness (QED) is 0.783. The van der Waals surface area contributed by atoms with Gasteiger partial charge in [-0.1, -0.05) is 27.3 Å². The zero-order valence-electron chi connectivity index (χ0n) is 9.15. The second kappa shape index (κ2) is 5.23. The predicted octanol–water partition coefficient (Wildman–Crippen LogP) is 2.10. The minimum atomic E-state index is 0.105. The summed E-state index contributed by atoms with van der Waals surface area (Å²) in [5.74, 6) is 0.105. The van der Waals surface area contributed by atoms with Crippen LogP contribution < -0.4 is 0 Å². The van der Waals surface area contributed by atoms with E-state index in [2.05, 4.69) is 25.5 Å². The van der Waals surface area contributed by atoms with E-state index in [1.54, 1.807) is 0 Å². The van der Waals surface area contributed by atoms with E-state index in [1.165, 1.54) is 11.5 Å². The summed E-state index contributed by atoms with van der Waals surface area (Å²) in [5.41, 5.74) is 0.829. The number of rotatable bonds is 5. The van der Waals surface area contributed by atoms with E-state index in [-0.39, 0.29) is 5.91 Å². The van der Waals surface area contributed by atoms with Crippen molar-refractivity contribution in [1.82, 2.24) is 14.5 Å². The molecule has 1 aromatic rings. The van der Waals surface area contributed by atoms with Crippen LogP contribution in [-0.4, -0.2) is 38.3 Å². The predicted molar refractivity (Wildman–Crippen MR) is 67.1 cm³/mol. The third-order valence-corrected chi connectivity index (χ3v) is 3.77. The molecular formula is C10H14BrN3OS. The summed E-state index contributed by atoms with van der Waals surface area (Å²) < 4.78 is 3.87. The van der Waals surface area contributed by atoms with Crippen molar-refractivity contribution in [3.05, 3.63) is 10.6 Å². The van der Waals surface area contributed by atoms with Crippen LogP contribution in [0.1, 0.15) is 35.1 Å². The average molecular weight is 304 g/mol. The molecule has 0 radical (unpaired) electrons. The van der Waals surface area contributed by atoms with E-state index in [9.17, 15) is 4.79 Å². The Morgan fingerprint density at radius 1 is 1.62 bits per heavy atom. The lowest BCUT2D eigenvalue weighted by Gasteiger charge is -2.20. The van der Waals surface area contributed by atoms with E-state index in [1.807, 2.05) is 11.8 Å². The van der Waals surface area contributed by atoms with Gasteiger partial charge >= 0.3 is 0 Å². The van der Waals surface area contributed by atoms with E-state index >= 15 is 0 Å². The molecule has 2 rings (SSSR count). The fraction of sp³-hybridized carbons (Fsp3) is 0.700. The van der Waals surface area contributed by atoms with Crippen LogP contribution in [0.15, 0.2) is 0 Å². The van der Waals surface area contributed by atoms with Gasteiger partial charge in [-0.25, -0.2) is 0 Å². The van der Waals surface area contributed by atoms with Crippen LogP contribution in [0.2, 0.25) is 0 Å². The van der Waals surface area contributed by atoms with Gasteiger partial charge < -0.3 is 4.90 Å². The molecule has 16 heavy (non-hydrogen) atoms. The van der Waals surface area contributed by atoms with Crippen molar-refractivity contribution in [2.24, 2.45) is 0 Å². The third-order valence-electron chi connectivity index (χ3n) is 2.66. The number of aromatic nitrogens is 2.